The molecule has 1 saturated heterocycles. The Morgan fingerprint density at radius 1 is 0.974 bits per heavy atom. The van der Waals surface area contributed by atoms with Gasteiger partial charge in [0.1, 0.15) is 6.10 Å². The molecule has 2 aliphatic rings. The number of hydrogen-bond donors (Lipinski definition) is 0. The highest BCUT2D eigenvalue weighted by molar-refractivity contribution is 7.99. The van der Waals surface area contributed by atoms with E-state index in [1.165, 1.54) is 37.1 Å². The maximum Gasteiger partial charge on any atom is 0.416 e. The Bertz CT molecular complexity index is 1110. The molecule has 0 aromatic heterocycles. The molecule has 0 N–H and O–H groups in total. The van der Waals surface area contributed by atoms with Gasteiger partial charge in [-0.05, 0) is 69.0 Å². The number of benzene rings is 2. The van der Waals surface area contributed by atoms with E-state index in [0.717, 1.165) is 79.7 Å². The van der Waals surface area contributed by atoms with Gasteiger partial charge in [-0.3, -0.25) is 9.69 Å². The first kappa shape index (κ1) is 29.5. The molecule has 2 heterocycles. The molecule has 0 spiro atoms. The van der Waals surface area contributed by atoms with E-state index >= 15 is 0 Å². The minimum absolute atomic E-state index is 0.0708. The summed E-state index contributed by atoms with van der Waals surface area (Å²) in [4.78, 5) is 18.5. The summed E-state index contributed by atoms with van der Waals surface area (Å²) in [6.45, 7) is 6.74. The maximum atomic E-state index is 13.4. The van der Waals surface area contributed by atoms with Gasteiger partial charge in [0, 0.05) is 35.8 Å². The molecule has 4 nitrogen and oxygen atoms in total. The van der Waals surface area contributed by atoms with E-state index in [1.807, 2.05) is 35.2 Å². The van der Waals surface area contributed by atoms with Crippen molar-refractivity contribution in [2.75, 3.05) is 31.1 Å². The number of likely N-dealkylation sites (tertiary alicyclic amines) is 1. The summed E-state index contributed by atoms with van der Waals surface area (Å²) in [5, 5.41) is 0. The smallest absolute Gasteiger partial charge is 0.416 e. The van der Waals surface area contributed by atoms with E-state index in [4.69, 9.17) is 4.74 Å². The number of anilines is 2. The third-order valence-corrected chi connectivity index (χ3v) is 8.51. The molecule has 2 aromatic rings. The fourth-order valence-corrected chi connectivity index (χ4v) is 6.38. The van der Waals surface area contributed by atoms with Crippen molar-refractivity contribution in [3.05, 3.63) is 60.7 Å². The van der Waals surface area contributed by atoms with Gasteiger partial charge in [0.15, 0.2) is 0 Å². The van der Waals surface area contributed by atoms with E-state index in [1.54, 1.807) is 6.07 Å². The molecule has 39 heavy (non-hydrogen) atoms. The van der Waals surface area contributed by atoms with Crippen LogP contribution < -0.4 is 4.90 Å². The van der Waals surface area contributed by atoms with Crippen LogP contribution in [0.1, 0.15) is 69.8 Å². The molecule has 8 heteroatoms. The van der Waals surface area contributed by atoms with Crippen molar-refractivity contribution in [3.63, 3.8) is 0 Å². The number of carbonyl (C=O) groups is 1. The van der Waals surface area contributed by atoms with Crippen LogP contribution in [0.25, 0.3) is 0 Å². The molecule has 0 aliphatic carbocycles. The third-order valence-electron chi connectivity index (χ3n) is 7.38. The highest BCUT2D eigenvalue weighted by Crippen LogP contribution is 2.49. The lowest BCUT2D eigenvalue weighted by molar-refractivity contribution is -0.148. The zero-order chi connectivity index (χ0) is 27.7. The molecule has 1 atom stereocenters. The van der Waals surface area contributed by atoms with Gasteiger partial charge in [-0.2, -0.15) is 13.2 Å². The zero-order valence-corrected chi connectivity index (χ0v) is 23.4. The fraction of sp³-hybridized carbons (Fsp3) is 0.516. The van der Waals surface area contributed by atoms with Gasteiger partial charge in [-0.15, -0.1) is 6.58 Å². The van der Waals surface area contributed by atoms with E-state index in [0.29, 0.717) is 18.7 Å². The summed E-state index contributed by atoms with van der Waals surface area (Å²) in [6, 6.07) is 11.9. The minimum atomic E-state index is -4.38. The summed E-state index contributed by atoms with van der Waals surface area (Å²) >= 11 is 1.51. The highest BCUT2D eigenvalue weighted by Gasteiger charge is 2.33. The number of halogens is 3. The first-order valence-corrected chi connectivity index (χ1v) is 14.9. The number of alkyl halides is 3. The molecule has 0 radical (unpaired) electrons. The Morgan fingerprint density at radius 3 is 2.51 bits per heavy atom. The summed E-state index contributed by atoms with van der Waals surface area (Å²) in [5.41, 5.74) is 0.928. The number of unbranched alkanes of at least 4 members (excludes halogenated alkanes) is 6. The van der Waals surface area contributed by atoms with Crippen molar-refractivity contribution in [1.82, 2.24) is 4.90 Å². The lowest BCUT2D eigenvalue weighted by Gasteiger charge is -2.33. The minimum Gasteiger partial charge on any atom is -0.461 e. The van der Waals surface area contributed by atoms with Crippen LogP contribution in [0.2, 0.25) is 0 Å². The van der Waals surface area contributed by atoms with E-state index in [9.17, 15) is 18.0 Å². The molecule has 2 aromatic carbocycles. The zero-order valence-electron chi connectivity index (χ0n) is 22.6. The number of ether oxygens (including phenoxy) is 1. The lowest BCUT2D eigenvalue weighted by Crippen LogP contribution is -2.29. The Labute approximate surface area is 234 Å². The quantitative estimate of drug-likeness (QED) is 0.131. The topological polar surface area (TPSA) is 32.8 Å². The van der Waals surface area contributed by atoms with Crippen molar-refractivity contribution in [3.8, 4) is 0 Å². The first-order chi connectivity index (χ1) is 18.8. The van der Waals surface area contributed by atoms with Crippen molar-refractivity contribution in [2.24, 2.45) is 0 Å². The standard InChI is InChI=1S/C31H39F3N2O2S/c1-2-3-4-5-6-7-8-9-15-30(37)38-25-18-21-35(23-25)19-12-20-36-26-13-10-11-14-28(26)39-29-17-16-24(22-27(29)36)31(32,33)34/h2,10-11,13-14,16-17,22,25H,1,3-9,12,15,18-21,23H2. The average Bonchev–Trinajstić information content (AvgIpc) is 3.35. The van der Waals surface area contributed by atoms with E-state index < -0.39 is 11.7 Å². The van der Waals surface area contributed by atoms with Gasteiger partial charge in [0.05, 0.1) is 16.9 Å². The number of rotatable bonds is 14. The predicted octanol–water partition coefficient (Wildman–Crippen LogP) is 8.62. The molecule has 0 bridgehead atoms. The van der Waals surface area contributed by atoms with Gasteiger partial charge < -0.3 is 9.64 Å². The Balaban J connectivity index is 1.22. The second-order valence-electron chi connectivity index (χ2n) is 10.4. The number of esters is 1. The Morgan fingerprint density at radius 2 is 1.72 bits per heavy atom. The summed E-state index contributed by atoms with van der Waals surface area (Å²) in [7, 11) is 0. The van der Waals surface area contributed by atoms with Gasteiger partial charge >= 0.3 is 12.1 Å². The summed E-state index contributed by atoms with van der Waals surface area (Å²) < 4.78 is 46.1. The van der Waals surface area contributed by atoms with E-state index in [2.05, 4.69) is 11.5 Å². The highest BCUT2D eigenvalue weighted by atomic mass is 32.2. The van der Waals surface area contributed by atoms with Crippen LogP contribution >= 0.6 is 11.8 Å². The number of nitrogens with zero attached hydrogens (tertiary/aromatic N) is 2. The molecular formula is C31H39F3N2O2S. The first-order valence-electron chi connectivity index (χ1n) is 14.1. The second kappa shape index (κ2) is 14.3. The predicted molar refractivity (Wildman–Crippen MR) is 152 cm³/mol. The second-order valence-corrected chi connectivity index (χ2v) is 11.5. The van der Waals surface area contributed by atoms with Crippen LogP contribution in [-0.2, 0) is 15.7 Å². The molecule has 2 aliphatic heterocycles. The monoisotopic (exact) mass is 560 g/mol. The summed E-state index contributed by atoms with van der Waals surface area (Å²) in [6.07, 6.45) is 7.41. The number of fused-ring (bicyclic) bond motifs is 2. The maximum absolute atomic E-state index is 13.4. The van der Waals surface area contributed by atoms with Gasteiger partial charge in [0.2, 0.25) is 0 Å². The molecule has 0 saturated carbocycles. The SMILES string of the molecule is C=CCCCCCCCCC(=O)OC1CCN(CCCN2c3ccccc3Sc3ccc(C(F)(F)F)cc32)C1. The fourth-order valence-electron chi connectivity index (χ4n) is 5.31. The third kappa shape index (κ3) is 8.52. The van der Waals surface area contributed by atoms with Crippen molar-refractivity contribution in [1.29, 1.82) is 0 Å². The molecule has 0 amide bonds. The van der Waals surface area contributed by atoms with Gasteiger partial charge in [-0.1, -0.05) is 55.7 Å². The normalized spacial score (nSPS) is 17.1. The van der Waals surface area contributed by atoms with Crippen molar-refractivity contribution in [2.45, 2.75) is 86.3 Å². The Kier molecular flexibility index (Phi) is 10.8. The van der Waals surface area contributed by atoms with Crippen molar-refractivity contribution < 1.29 is 22.7 Å². The Hall–Kier alpha value is -2.45. The molecule has 212 valence electrons. The van der Waals surface area contributed by atoms with Gasteiger partial charge in [0.25, 0.3) is 0 Å². The molecule has 1 unspecified atom stereocenters. The van der Waals surface area contributed by atoms with Crippen LogP contribution in [-0.4, -0.2) is 43.2 Å². The van der Waals surface area contributed by atoms with Crippen LogP contribution in [0, 0.1) is 0 Å². The lowest BCUT2D eigenvalue weighted by atomic mass is 10.1. The average molecular weight is 561 g/mol. The molecule has 4 rings (SSSR count). The van der Waals surface area contributed by atoms with Crippen LogP contribution in [0.5, 0.6) is 0 Å². The van der Waals surface area contributed by atoms with Crippen LogP contribution in [0.15, 0.2) is 64.9 Å². The number of carbonyl (C=O) groups excluding carboxylic acids is 1. The molecule has 1 fully saturated rings. The number of para-hydroxylation sites is 1. The van der Waals surface area contributed by atoms with Crippen LogP contribution in [0.3, 0.4) is 0 Å². The number of allylic oxidation sites excluding steroid dienone is 1. The van der Waals surface area contributed by atoms with Crippen molar-refractivity contribution >= 4 is 29.1 Å². The number of hydrogen-bond acceptors (Lipinski definition) is 5. The van der Waals surface area contributed by atoms with E-state index in [-0.39, 0.29) is 12.1 Å². The van der Waals surface area contributed by atoms with Crippen LogP contribution in [0.4, 0.5) is 24.5 Å². The largest absolute Gasteiger partial charge is 0.461 e. The van der Waals surface area contributed by atoms with Gasteiger partial charge in [-0.25, -0.2) is 0 Å². The molecular weight excluding hydrogens is 521 g/mol. The summed E-state index contributed by atoms with van der Waals surface area (Å²) in [5.74, 6) is -0.104.